The van der Waals surface area contributed by atoms with Crippen molar-refractivity contribution in [2.45, 2.75) is 47.5 Å². The Kier molecular flexibility index (Phi) is 7.65. The van der Waals surface area contributed by atoms with Crippen molar-refractivity contribution in [2.75, 3.05) is 0 Å². The van der Waals surface area contributed by atoms with E-state index < -0.39 is 29.8 Å². The van der Waals surface area contributed by atoms with Gasteiger partial charge in [-0.3, -0.25) is 4.79 Å². The van der Waals surface area contributed by atoms with Crippen molar-refractivity contribution in [3.8, 4) is 0 Å². The molecular formula is C10H19BF3KO2. The van der Waals surface area contributed by atoms with Crippen LogP contribution in [0.4, 0.5) is 12.9 Å². The average Bonchev–Trinajstić information content (AvgIpc) is 1.92. The number of carbonyl (C=O) groups is 1. The molecule has 96 valence electrons. The number of hydrogen-bond donors (Lipinski definition) is 0. The van der Waals surface area contributed by atoms with Gasteiger partial charge in [-0.15, -0.1) is 0 Å². The van der Waals surface area contributed by atoms with E-state index in [-0.39, 0.29) is 51.4 Å². The van der Waals surface area contributed by atoms with Crippen LogP contribution < -0.4 is 51.4 Å². The fourth-order valence-electron chi connectivity index (χ4n) is 1.11. The molecule has 0 heterocycles. The summed E-state index contributed by atoms with van der Waals surface area (Å²) in [5.74, 6) is -0.827. The SMILES string of the molecule is CC(C)(C)C(=O)OC([B-](F)(F)F)C(C)(C)C.[K+]. The molecule has 0 aromatic heterocycles. The van der Waals surface area contributed by atoms with Gasteiger partial charge in [0, 0.05) is 0 Å². The molecular weight excluding hydrogens is 259 g/mol. The Labute approximate surface area is 144 Å². The van der Waals surface area contributed by atoms with Gasteiger partial charge in [-0.05, 0) is 26.2 Å². The number of hydrogen-bond acceptors (Lipinski definition) is 2. The third-order valence-electron chi connectivity index (χ3n) is 2.04. The van der Waals surface area contributed by atoms with E-state index in [4.69, 9.17) is 0 Å². The third kappa shape index (κ3) is 7.20. The van der Waals surface area contributed by atoms with Crippen molar-refractivity contribution in [3.05, 3.63) is 0 Å². The summed E-state index contributed by atoms with van der Waals surface area (Å²) in [6.45, 7) is 3.59. The van der Waals surface area contributed by atoms with Gasteiger partial charge in [0.2, 0.25) is 0 Å². The minimum atomic E-state index is -5.20. The van der Waals surface area contributed by atoms with Crippen molar-refractivity contribution >= 4 is 12.9 Å². The van der Waals surface area contributed by atoms with Gasteiger partial charge in [-0.25, -0.2) is 0 Å². The number of ether oxygens (including phenoxy) is 1. The molecule has 0 fully saturated rings. The second-order valence-corrected chi connectivity index (χ2v) is 6.07. The number of halogens is 3. The summed E-state index contributed by atoms with van der Waals surface area (Å²) >= 11 is 0. The van der Waals surface area contributed by atoms with Crippen LogP contribution in [0.5, 0.6) is 0 Å². The van der Waals surface area contributed by atoms with Crippen LogP contribution >= 0.6 is 0 Å². The molecule has 0 aliphatic heterocycles. The summed E-state index contributed by atoms with van der Waals surface area (Å²) < 4.78 is 42.9. The zero-order chi connectivity index (χ0) is 13.4. The molecule has 7 heteroatoms. The van der Waals surface area contributed by atoms with E-state index in [1.807, 2.05) is 0 Å². The standard InChI is InChI=1S/C10H19BF3O2.K/c1-9(2,3)7(11(12,13)14)16-8(15)10(4,5)6;/h7H,1-6H3;/q-1;+1. The molecule has 0 spiro atoms. The first-order valence-electron chi connectivity index (χ1n) is 5.17. The van der Waals surface area contributed by atoms with E-state index in [1.54, 1.807) is 0 Å². The molecule has 0 saturated heterocycles. The molecule has 0 aliphatic rings. The number of esters is 1. The molecule has 2 nitrogen and oxygen atoms in total. The molecule has 0 aromatic carbocycles. The van der Waals surface area contributed by atoms with Crippen LogP contribution in [0.2, 0.25) is 0 Å². The van der Waals surface area contributed by atoms with Crippen LogP contribution in [0.3, 0.4) is 0 Å². The summed E-state index contributed by atoms with van der Waals surface area (Å²) in [7, 11) is 0. The molecule has 0 aliphatic carbocycles. The van der Waals surface area contributed by atoms with Crippen LogP contribution in [0.15, 0.2) is 0 Å². The van der Waals surface area contributed by atoms with E-state index in [9.17, 15) is 17.7 Å². The first-order chi connectivity index (χ1) is 6.76. The summed E-state index contributed by atoms with van der Waals surface area (Å²) in [6.07, 6.45) is 0. The van der Waals surface area contributed by atoms with E-state index in [1.165, 1.54) is 41.5 Å². The third-order valence-corrected chi connectivity index (χ3v) is 2.04. The molecule has 17 heavy (non-hydrogen) atoms. The molecule has 0 rings (SSSR count). The maximum Gasteiger partial charge on any atom is 1.00 e. The zero-order valence-corrected chi connectivity index (χ0v) is 14.7. The normalized spacial score (nSPS) is 14.9. The predicted molar refractivity (Wildman–Crippen MR) is 57.9 cm³/mol. The molecule has 1 atom stereocenters. The van der Waals surface area contributed by atoms with Gasteiger partial charge in [-0.2, -0.15) is 0 Å². The van der Waals surface area contributed by atoms with E-state index in [2.05, 4.69) is 4.74 Å². The van der Waals surface area contributed by atoms with E-state index in [0.717, 1.165) is 0 Å². The Morgan fingerprint density at radius 1 is 1.06 bits per heavy atom. The second kappa shape index (κ2) is 6.41. The topological polar surface area (TPSA) is 26.3 Å². The Balaban J connectivity index is 0. The summed E-state index contributed by atoms with van der Waals surface area (Å²) in [5, 5.41) is 0. The van der Waals surface area contributed by atoms with E-state index >= 15 is 0 Å². The summed E-state index contributed by atoms with van der Waals surface area (Å²) in [5.41, 5.74) is -2.07. The van der Waals surface area contributed by atoms with Crippen LogP contribution in [0, 0.1) is 10.8 Å². The number of rotatable bonds is 2. The van der Waals surface area contributed by atoms with Crippen LogP contribution in [0.1, 0.15) is 41.5 Å². The van der Waals surface area contributed by atoms with Crippen LogP contribution in [-0.4, -0.2) is 18.9 Å². The van der Waals surface area contributed by atoms with Gasteiger partial charge in [0.15, 0.2) is 0 Å². The molecule has 0 bridgehead atoms. The van der Waals surface area contributed by atoms with E-state index in [0.29, 0.717) is 0 Å². The maximum atomic E-state index is 12.7. The minimum Gasteiger partial charge on any atom is -0.491 e. The van der Waals surface area contributed by atoms with Gasteiger partial charge in [0.05, 0.1) is 11.4 Å². The monoisotopic (exact) mass is 278 g/mol. The average molecular weight is 278 g/mol. The quantitative estimate of drug-likeness (QED) is 0.539. The second-order valence-electron chi connectivity index (χ2n) is 6.07. The van der Waals surface area contributed by atoms with Crippen molar-refractivity contribution in [1.82, 2.24) is 0 Å². The first kappa shape index (κ1) is 20.3. The molecule has 0 radical (unpaired) electrons. The zero-order valence-electron chi connectivity index (χ0n) is 11.6. The van der Waals surface area contributed by atoms with Crippen molar-refractivity contribution in [1.29, 1.82) is 0 Å². The largest absolute Gasteiger partial charge is 1.00 e. The first-order valence-corrected chi connectivity index (χ1v) is 5.17. The van der Waals surface area contributed by atoms with Crippen LogP contribution in [0.25, 0.3) is 0 Å². The van der Waals surface area contributed by atoms with Gasteiger partial charge < -0.3 is 17.7 Å². The fourth-order valence-corrected chi connectivity index (χ4v) is 1.11. The molecule has 0 amide bonds. The van der Waals surface area contributed by atoms with Gasteiger partial charge in [0.1, 0.15) is 0 Å². The Bertz CT molecular complexity index is 252. The van der Waals surface area contributed by atoms with Crippen molar-refractivity contribution in [2.24, 2.45) is 10.8 Å². The Hall–Kier alpha value is 0.961. The van der Waals surface area contributed by atoms with Gasteiger partial charge >= 0.3 is 64.3 Å². The van der Waals surface area contributed by atoms with Crippen molar-refractivity contribution < 1.29 is 73.9 Å². The smallest absolute Gasteiger partial charge is 0.491 e. The maximum absolute atomic E-state index is 12.7. The summed E-state index contributed by atoms with van der Waals surface area (Å²) in [6, 6.07) is -2.01. The molecule has 0 aromatic rings. The molecule has 0 saturated carbocycles. The minimum absolute atomic E-state index is 0. The number of carbonyl (C=O) groups excluding carboxylic acids is 1. The predicted octanol–water partition coefficient (Wildman–Crippen LogP) is 0.381. The fraction of sp³-hybridized carbons (Fsp3) is 0.900. The molecule has 1 unspecified atom stereocenters. The molecule has 0 N–H and O–H groups in total. The summed E-state index contributed by atoms with van der Waals surface area (Å²) in [4.78, 5) is 11.5. The Morgan fingerprint density at radius 3 is 1.59 bits per heavy atom. The Morgan fingerprint density at radius 2 is 1.41 bits per heavy atom. The van der Waals surface area contributed by atoms with Gasteiger partial charge in [-0.1, -0.05) is 20.8 Å². The van der Waals surface area contributed by atoms with Crippen LogP contribution in [-0.2, 0) is 9.53 Å². The van der Waals surface area contributed by atoms with Gasteiger partial charge in [0.25, 0.3) is 0 Å². The van der Waals surface area contributed by atoms with Crippen molar-refractivity contribution in [3.63, 3.8) is 0 Å².